The standard InChI is InChI=1S/C12H12Cl2N2O/c1-8-5-9(7-10(14)6-8)12-16-15-11(17-12)3-2-4-13/h5-7H,2-4H2,1H3. The van der Waals surface area contributed by atoms with Gasteiger partial charge >= 0.3 is 0 Å². The molecule has 0 amide bonds. The molecule has 0 atom stereocenters. The van der Waals surface area contributed by atoms with E-state index in [1.165, 1.54) is 0 Å². The smallest absolute Gasteiger partial charge is 0.247 e. The number of aryl methyl sites for hydroxylation is 2. The molecule has 0 saturated carbocycles. The molecule has 0 bridgehead atoms. The molecule has 2 rings (SSSR count). The topological polar surface area (TPSA) is 38.9 Å². The van der Waals surface area contributed by atoms with E-state index in [0.29, 0.717) is 29.1 Å². The van der Waals surface area contributed by atoms with Crippen LogP contribution < -0.4 is 0 Å². The van der Waals surface area contributed by atoms with Crippen molar-refractivity contribution in [1.29, 1.82) is 0 Å². The van der Waals surface area contributed by atoms with Crippen LogP contribution in [0.5, 0.6) is 0 Å². The molecule has 1 aromatic carbocycles. The lowest BCUT2D eigenvalue weighted by Gasteiger charge is -1.98. The van der Waals surface area contributed by atoms with E-state index in [4.69, 9.17) is 27.6 Å². The number of aromatic nitrogens is 2. The van der Waals surface area contributed by atoms with E-state index in [1.807, 2.05) is 25.1 Å². The molecule has 0 radical (unpaired) electrons. The van der Waals surface area contributed by atoms with Gasteiger partial charge in [0, 0.05) is 22.9 Å². The van der Waals surface area contributed by atoms with Crippen LogP contribution in [0.4, 0.5) is 0 Å². The number of benzene rings is 1. The third-order valence-electron chi connectivity index (χ3n) is 2.28. The van der Waals surface area contributed by atoms with Gasteiger partial charge in [-0.05, 0) is 37.1 Å². The Bertz CT molecular complexity index is 491. The molecular weight excluding hydrogens is 259 g/mol. The third kappa shape index (κ3) is 3.20. The average molecular weight is 271 g/mol. The molecule has 17 heavy (non-hydrogen) atoms. The number of nitrogens with zero attached hydrogens (tertiary/aromatic N) is 2. The number of halogens is 2. The molecule has 3 nitrogen and oxygen atoms in total. The van der Waals surface area contributed by atoms with Gasteiger partial charge in [-0.15, -0.1) is 21.8 Å². The van der Waals surface area contributed by atoms with Crippen LogP contribution in [0.15, 0.2) is 22.6 Å². The van der Waals surface area contributed by atoms with Crippen LogP contribution in [0.1, 0.15) is 17.9 Å². The van der Waals surface area contributed by atoms with E-state index < -0.39 is 0 Å². The van der Waals surface area contributed by atoms with E-state index in [1.54, 1.807) is 0 Å². The zero-order valence-electron chi connectivity index (χ0n) is 9.41. The van der Waals surface area contributed by atoms with Gasteiger partial charge in [0.2, 0.25) is 11.8 Å². The monoisotopic (exact) mass is 270 g/mol. The van der Waals surface area contributed by atoms with Crippen molar-refractivity contribution in [2.75, 3.05) is 5.88 Å². The van der Waals surface area contributed by atoms with Gasteiger partial charge in [0.25, 0.3) is 0 Å². The van der Waals surface area contributed by atoms with Crippen molar-refractivity contribution >= 4 is 23.2 Å². The Labute approximate surface area is 110 Å². The van der Waals surface area contributed by atoms with Crippen LogP contribution >= 0.6 is 23.2 Å². The summed E-state index contributed by atoms with van der Waals surface area (Å²) in [5, 5.41) is 8.64. The molecule has 0 aliphatic rings. The second-order valence-electron chi connectivity index (χ2n) is 3.81. The molecule has 90 valence electrons. The lowest BCUT2D eigenvalue weighted by Crippen LogP contribution is -1.85. The van der Waals surface area contributed by atoms with Crippen LogP contribution in [0.2, 0.25) is 5.02 Å². The van der Waals surface area contributed by atoms with Gasteiger partial charge in [0.15, 0.2) is 0 Å². The predicted molar refractivity (Wildman–Crippen MR) is 68.5 cm³/mol. The number of rotatable bonds is 4. The third-order valence-corrected chi connectivity index (χ3v) is 2.77. The number of hydrogen-bond acceptors (Lipinski definition) is 3. The van der Waals surface area contributed by atoms with Crippen LogP contribution in [0, 0.1) is 6.92 Å². The highest BCUT2D eigenvalue weighted by molar-refractivity contribution is 6.30. The minimum Gasteiger partial charge on any atom is -0.421 e. The number of alkyl halides is 1. The molecule has 0 unspecified atom stereocenters. The molecular formula is C12H12Cl2N2O. The Kier molecular flexibility index (Phi) is 4.02. The second kappa shape index (κ2) is 5.52. The summed E-state index contributed by atoms with van der Waals surface area (Å²) in [5.41, 5.74) is 1.91. The second-order valence-corrected chi connectivity index (χ2v) is 4.63. The lowest BCUT2D eigenvalue weighted by atomic mass is 10.1. The molecule has 1 heterocycles. The summed E-state index contributed by atoms with van der Waals surface area (Å²) in [5.74, 6) is 1.70. The van der Waals surface area contributed by atoms with Crippen LogP contribution in [-0.2, 0) is 6.42 Å². The van der Waals surface area contributed by atoms with Crippen molar-refractivity contribution in [2.45, 2.75) is 19.8 Å². The lowest BCUT2D eigenvalue weighted by molar-refractivity contribution is 0.502. The van der Waals surface area contributed by atoms with Crippen molar-refractivity contribution in [1.82, 2.24) is 10.2 Å². The van der Waals surface area contributed by atoms with Crippen LogP contribution in [-0.4, -0.2) is 16.1 Å². The first-order chi connectivity index (χ1) is 8.19. The minimum atomic E-state index is 0.500. The van der Waals surface area contributed by atoms with Crippen molar-refractivity contribution in [3.05, 3.63) is 34.7 Å². The minimum absolute atomic E-state index is 0.500. The van der Waals surface area contributed by atoms with E-state index in [2.05, 4.69) is 10.2 Å². The van der Waals surface area contributed by atoms with Gasteiger partial charge in [-0.25, -0.2) is 0 Å². The van der Waals surface area contributed by atoms with Crippen molar-refractivity contribution in [3.8, 4) is 11.5 Å². The SMILES string of the molecule is Cc1cc(Cl)cc(-c2nnc(CCCCl)o2)c1. The molecule has 0 aliphatic heterocycles. The summed E-state index contributed by atoms with van der Waals surface area (Å²) in [4.78, 5) is 0. The van der Waals surface area contributed by atoms with Crippen molar-refractivity contribution in [2.24, 2.45) is 0 Å². The van der Waals surface area contributed by atoms with Gasteiger partial charge in [-0.1, -0.05) is 11.6 Å². The highest BCUT2D eigenvalue weighted by Gasteiger charge is 2.09. The quantitative estimate of drug-likeness (QED) is 0.792. The maximum absolute atomic E-state index is 5.98. The molecule has 0 spiro atoms. The fraction of sp³-hybridized carbons (Fsp3) is 0.333. The maximum Gasteiger partial charge on any atom is 0.247 e. The fourth-order valence-electron chi connectivity index (χ4n) is 1.55. The molecule has 0 aliphatic carbocycles. The summed E-state index contributed by atoms with van der Waals surface area (Å²) in [6, 6.07) is 5.66. The Hall–Kier alpha value is -1.06. The van der Waals surface area contributed by atoms with Gasteiger partial charge < -0.3 is 4.42 Å². The summed E-state index contributed by atoms with van der Waals surface area (Å²) >= 11 is 11.6. The first kappa shape index (κ1) is 12.4. The highest BCUT2D eigenvalue weighted by Crippen LogP contribution is 2.23. The Morgan fingerprint density at radius 1 is 1.24 bits per heavy atom. The normalized spacial score (nSPS) is 10.8. The number of hydrogen-bond donors (Lipinski definition) is 0. The zero-order chi connectivity index (χ0) is 12.3. The van der Waals surface area contributed by atoms with E-state index >= 15 is 0 Å². The Balaban J connectivity index is 2.24. The molecule has 2 aromatic rings. The Morgan fingerprint density at radius 2 is 2.06 bits per heavy atom. The van der Waals surface area contributed by atoms with Crippen LogP contribution in [0.3, 0.4) is 0 Å². The first-order valence-electron chi connectivity index (χ1n) is 5.35. The molecule has 5 heteroatoms. The average Bonchev–Trinajstić information content (AvgIpc) is 2.73. The van der Waals surface area contributed by atoms with Gasteiger partial charge in [-0.2, -0.15) is 0 Å². The summed E-state index contributed by atoms with van der Waals surface area (Å²) in [6.07, 6.45) is 1.54. The molecule has 1 aromatic heterocycles. The summed E-state index contributed by atoms with van der Waals surface area (Å²) in [7, 11) is 0. The van der Waals surface area contributed by atoms with Gasteiger partial charge in [-0.3, -0.25) is 0 Å². The van der Waals surface area contributed by atoms with E-state index in [9.17, 15) is 0 Å². The highest BCUT2D eigenvalue weighted by atomic mass is 35.5. The van der Waals surface area contributed by atoms with Gasteiger partial charge in [0.1, 0.15) is 0 Å². The van der Waals surface area contributed by atoms with Crippen molar-refractivity contribution < 1.29 is 4.42 Å². The zero-order valence-corrected chi connectivity index (χ0v) is 10.9. The molecule has 0 fully saturated rings. The predicted octanol–water partition coefficient (Wildman–Crippen LogP) is 3.87. The first-order valence-corrected chi connectivity index (χ1v) is 6.26. The Morgan fingerprint density at radius 3 is 2.76 bits per heavy atom. The molecule has 0 N–H and O–H groups in total. The van der Waals surface area contributed by atoms with E-state index in [0.717, 1.165) is 17.5 Å². The molecule has 0 saturated heterocycles. The van der Waals surface area contributed by atoms with E-state index in [-0.39, 0.29) is 0 Å². The summed E-state index contributed by atoms with van der Waals surface area (Å²) in [6.45, 7) is 1.97. The van der Waals surface area contributed by atoms with Crippen LogP contribution in [0.25, 0.3) is 11.5 Å². The fourth-order valence-corrected chi connectivity index (χ4v) is 1.97. The largest absolute Gasteiger partial charge is 0.421 e. The van der Waals surface area contributed by atoms with Gasteiger partial charge in [0.05, 0.1) is 0 Å². The maximum atomic E-state index is 5.98. The summed E-state index contributed by atoms with van der Waals surface area (Å²) < 4.78 is 5.54. The van der Waals surface area contributed by atoms with Crippen molar-refractivity contribution in [3.63, 3.8) is 0 Å².